The van der Waals surface area contributed by atoms with Gasteiger partial charge in [0.15, 0.2) is 0 Å². The minimum Gasteiger partial charge on any atom is -0.478 e. The molecule has 0 atom stereocenters. The first-order valence-corrected chi connectivity index (χ1v) is 8.83. The molecule has 6 nitrogen and oxygen atoms in total. The topological polar surface area (TPSA) is 72.9 Å². The Bertz CT molecular complexity index is 804. The summed E-state index contributed by atoms with van der Waals surface area (Å²) in [6.45, 7) is 2.36. The summed E-state index contributed by atoms with van der Waals surface area (Å²) < 4.78 is 13.1. The van der Waals surface area contributed by atoms with Gasteiger partial charge in [-0.15, -0.1) is 0 Å². The first-order chi connectivity index (χ1) is 13.1. The highest BCUT2D eigenvalue weighted by Crippen LogP contribution is 2.22. The van der Waals surface area contributed by atoms with Gasteiger partial charge in [0, 0.05) is 31.9 Å². The van der Waals surface area contributed by atoms with Gasteiger partial charge in [0.2, 0.25) is 0 Å². The molecule has 2 aromatic rings. The molecule has 1 heterocycles. The second-order valence-electron chi connectivity index (χ2n) is 6.41. The van der Waals surface area contributed by atoms with E-state index in [0.29, 0.717) is 24.3 Å². The fourth-order valence-corrected chi connectivity index (χ4v) is 3.04. The molecule has 2 N–H and O–H groups in total. The summed E-state index contributed by atoms with van der Waals surface area (Å²) in [6, 6.07) is 13.1. The number of benzene rings is 2. The smallest absolute Gasteiger partial charge is 0.335 e. The molecular weight excluding hydrogens is 349 g/mol. The molecule has 142 valence electrons. The van der Waals surface area contributed by atoms with Crippen LogP contribution < -0.4 is 10.2 Å². The number of anilines is 1. The molecule has 2 amide bonds. The molecule has 27 heavy (non-hydrogen) atoms. The zero-order valence-corrected chi connectivity index (χ0v) is 14.9. The van der Waals surface area contributed by atoms with Gasteiger partial charge in [-0.05, 0) is 35.4 Å². The Hall–Kier alpha value is -2.93. The fourth-order valence-electron chi connectivity index (χ4n) is 3.04. The van der Waals surface area contributed by atoms with Crippen LogP contribution in [0.2, 0.25) is 0 Å². The van der Waals surface area contributed by atoms with Crippen LogP contribution in [0.25, 0.3) is 0 Å². The number of alkyl halides is 1. The van der Waals surface area contributed by atoms with Crippen molar-refractivity contribution in [2.24, 2.45) is 0 Å². The SMILES string of the molecule is O=C(O)c1ccc(CN(C(=O)N2CCNCC2)c2cccc(CF)c2)cc1. The quantitative estimate of drug-likeness (QED) is 0.848. The average molecular weight is 371 g/mol. The minimum absolute atomic E-state index is 0.144. The molecule has 0 radical (unpaired) electrons. The maximum absolute atomic E-state index is 13.1. The van der Waals surface area contributed by atoms with Crippen LogP contribution >= 0.6 is 0 Å². The second kappa shape index (κ2) is 8.64. The number of amides is 2. The van der Waals surface area contributed by atoms with Crippen molar-refractivity contribution in [3.8, 4) is 0 Å². The third-order valence-electron chi connectivity index (χ3n) is 4.54. The lowest BCUT2D eigenvalue weighted by Crippen LogP contribution is -2.51. The summed E-state index contributed by atoms with van der Waals surface area (Å²) in [4.78, 5) is 27.5. The third-order valence-corrected chi connectivity index (χ3v) is 4.54. The standard InChI is InChI=1S/C20H22FN3O3/c21-13-16-2-1-3-18(12-16)24(20(27)23-10-8-22-9-11-23)14-15-4-6-17(7-5-15)19(25)26/h1-7,12,22H,8-11,13-14H2,(H,25,26). The van der Waals surface area contributed by atoms with Crippen LogP contribution in [0.1, 0.15) is 21.5 Å². The van der Waals surface area contributed by atoms with E-state index in [1.54, 1.807) is 46.2 Å². The van der Waals surface area contributed by atoms with E-state index in [9.17, 15) is 14.0 Å². The summed E-state index contributed by atoms with van der Waals surface area (Å²) in [5.74, 6) is -0.994. The number of hydrogen-bond acceptors (Lipinski definition) is 3. The van der Waals surface area contributed by atoms with Crippen LogP contribution in [0.15, 0.2) is 48.5 Å². The molecule has 0 aliphatic carbocycles. The second-order valence-corrected chi connectivity index (χ2v) is 6.41. The Kier molecular flexibility index (Phi) is 6.03. The molecule has 2 aromatic carbocycles. The Labute approximate surface area is 157 Å². The van der Waals surface area contributed by atoms with Crippen LogP contribution in [0, 0.1) is 0 Å². The van der Waals surface area contributed by atoms with Crippen LogP contribution in [-0.2, 0) is 13.2 Å². The van der Waals surface area contributed by atoms with E-state index in [1.165, 1.54) is 12.1 Å². The molecule has 3 rings (SSSR count). The van der Waals surface area contributed by atoms with Gasteiger partial charge in [-0.2, -0.15) is 0 Å². The lowest BCUT2D eigenvalue weighted by molar-refractivity contribution is 0.0697. The summed E-state index contributed by atoms with van der Waals surface area (Å²) in [7, 11) is 0. The highest BCUT2D eigenvalue weighted by molar-refractivity contribution is 5.92. The van der Waals surface area contributed by atoms with Crippen molar-refractivity contribution in [1.82, 2.24) is 10.2 Å². The molecule has 0 bridgehead atoms. The predicted molar refractivity (Wildman–Crippen MR) is 101 cm³/mol. The van der Waals surface area contributed by atoms with Crippen molar-refractivity contribution in [2.75, 3.05) is 31.1 Å². The van der Waals surface area contributed by atoms with E-state index in [2.05, 4.69) is 5.32 Å². The number of rotatable bonds is 5. The lowest BCUT2D eigenvalue weighted by atomic mass is 10.1. The van der Waals surface area contributed by atoms with Crippen LogP contribution in [0.5, 0.6) is 0 Å². The number of carboxylic acid groups (broad SMARTS) is 1. The van der Waals surface area contributed by atoms with Crippen LogP contribution in [0.3, 0.4) is 0 Å². The summed E-state index contributed by atoms with van der Waals surface area (Å²) in [5.41, 5.74) is 2.12. The molecule has 0 spiro atoms. The van der Waals surface area contributed by atoms with E-state index >= 15 is 0 Å². The van der Waals surface area contributed by atoms with E-state index in [4.69, 9.17) is 5.11 Å². The maximum Gasteiger partial charge on any atom is 0.335 e. The summed E-state index contributed by atoms with van der Waals surface area (Å²) >= 11 is 0. The molecule has 0 saturated carbocycles. The van der Waals surface area contributed by atoms with Gasteiger partial charge >= 0.3 is 12.0 Å². The molecule has 1 aliphatic heterocycles. The molecule has 0 aromatic heterocycles. The van der Waals surface area contributed by atoms with Gasteiger partial charge in [-0.3, -0.25) is 4.90 Å². The number of aromatic carboxylic acids is 1. The number of piperazine rings is 1. The van der Waals surface area contributed by atoms with Gasteiger partial charge < -0.3 is 15.3 Å². The van der Waals surface area contributed by atoms with Gasteiger partial charge in [0.05, 0.1) is 12.1 Å². The Balaban J connectivity index is 1.88. The zero-order valence-electron chi connectivity index (χ0n) is 14.9. The fraction of sp³-hybridized carbons (Fsp3) is 0.300. The number of hydrogen-bond donors (Lipinski definition) is 2. The van der Waals surface area contributed by atoms with Gasteiger partial charge in [0.25, 0.3) is 0 Å². The number of urea groups is 1. The Morgan fingerprint density at radius 3 is 2.41 bits per heavy atom. The number of nitrogens with one attached hydrogen (secondary N) is 1. The van der Waals surface area contributed by atoms with Gasteiger partial charge in [-0.1, -0.05) is 24.3 Å². The molecule has 1 fully saturated rings. The third kappa shape index (κ3) is 4.62. The monoisotopic (exact) mass is 371 g/mol. The Morgan fingerprint density at radius 2 is 1.78 bits per heavy atom. The molecule has 1 aliphatic rings. The maximum atomic E-state index is 13.1. The van der Waals surface area contributed by atoms with Crippen molar-refractivity contribution in [1.29, 1.82) is 0 Å². The molecule has 7 heteroatoms. The summed E-state index contributed by atoms with van der Waals surface area (Å²) in [5, 5.41) is 12.3. The largest absolute Gasteiger partial charge is 0.478 e. The molecule has 1 saturated heterocycles. The molecular formula is C20H22FN3O3. The van der Waals surface area contributed by atoms with Crippen molar-refractivity contribution in [3.63, 3.8) is 0 Å². The average Bonchev–Trinajstić information content (AvgIpc) is 2.72. The van der Waals surface area contributed by atoms with E-state index < -0.39 is 12.6 Å². The van der Waals surface area contributed by atoms with E-state index in [0.717, 1.165) is 18.7 Å². The van der Waals surface area contributed by atoms with Gasteiger partial charge in [0.1, 0.15) is 6.67 Å². The number of halogens is 1. The number of carbonyl (C=O) groups is 2. The van der Waals surface area contributed by atoms with Crippen molar-refractivity contribution >= 4 is 17.7 Å². The zero-order chi connectivity index (χ0) is 19.2. The lowest BCUT2D eigenvalue weighted by Gasteiger charge is -2.33. The van der Waals surface area contributed by atoms with Gasteiger partial charge in [-0.25, -0.2) is 14.0 Å². The highest BCUT2D eigenvalue weighted by atomic mass is 19.1. The number of nitrogens with zero attached hydrogens (tertiary/aromatic N) is 2. The van der Waals surface area contributed by atoms with Crippen LogP contribution in [-0.4, -0.2) is 48.2 Å². The normalized spacial score (nSPS) is 14.0. The van der Waals surface area contributed by atoms with Crippen molar-refractivity contribution in [2.45, 2.75) is 13.2 Å². The number of carboxylic acids is 1. The van der Waals surface area contributed by atoms with Crippen molar-refractivity contribution < 1.29 is 19.1 Å². The predicted octanol–water partition coefficient (Wildman–Crippen LogP) is 2.89. The van der Waals surface area contributed by atoms with E-state index in [1.807, 2.05) is 0 Å². The minimum atomic E-state index is -0.994. The first kappa shape index (κ1) is 18.8. The van der Waals surface area contributed by atoms with E-state index in [-0.39, 0.29) is 18.1 Å². The summed E-state index contributed by atoms with van der Waals surface area (Å²) in [6.07, 6.45) is 0. The van der Waals surface area contributed by atoms with Crippen molar-refractivity contribution in [3.05, 3.63) is 65.2 Å². The Morgan fingerprint density at radius 1 is 1.07 bits per heavy atom. The van der Waals surface area contributed by atoms with Crippen LogP contribution in [0.4, 0.5) is 14.9 Å². The number of carbonyl (C=O) groups excluding carboxylic acids is 1. The molecule has 0 unspecified atom stereocenters. The highest BCUT2D eigenvalue weighted by Gasteiger charge is 2.24. The first-order valence-electron chi connectivity index (χ1n) is 8.83.